The normalized spacial score (nSPS) is 10.1. The number of amides is 1. The number of hydrazine groups is 1. The molecule has 0 spiro atoms. The summed E-state index contributed by atoms with van der Waals surface area (Å²) in [7, 11) is 0. The fourth-order valence-electron chi connectivity index (χ4n) is 1.64. The third-order valence-electron chi connectivity index (χ3n) is 2.76. The standard InChI is InChI=1S/C14H6F5N3O/c15-8-9(16)11(18)13(12(19)10(8)17)21-22-14(23)7-3-1-2-6(4-7)5-20/h1-4,21H,(H,22,23). The predicted octanol–water partition coefficient (Wildman–Crippen LogP) is 3.01. The second-order valence-corrected chi connectivity index (χ2v) is 4.22. The van der Waals surface area contributed by atoms with Crippen LogP contribution in [0.2, 0.25) is 0 Å². The minimum absolute atomic E-state index is 0.0552. The van der Waals surface area contributed by atoms with Gasteiger partial charge >= 0.3 is 0 Å². The Bertz CT molecular complexity index is 803. The minimum Gasteiger partial charge on any atom is -0.293 e. The summed E-state index contributed by atoms with van der Waals surface area (Å²) in [5, 5.41) is 8.70. The summed E-state index contributed by atoms with van der Waals surface area (Å²) < 4.78 is 65.7. The molecular weight excluding hydrogens is 321 g/mol. The fourth-order valence-corrected chi connectivity index (χ4v) is 1.64. The molecule has 118 valence electrons. The Hall–Kier alpha value is -3.15. The lowest BCUT2D eigenvalue weighted by Crippen LogP contribution is -2.31. The van der Waals surface area contributed by atoms with E-state index in [1.165, 1.54) is 24.3 Å². The van der Waals surface area contributed by atoms with Crippen LogP contribution in [0.25, 0.3) is 0 Å². The number of nitrogens with one attached hydrogen (secondary N) is 2. The van der Waals surface area contributed by atoms with Gasteiger partial charge in [0.15, 0.2) is 23.3 Å². The molecule has 0 aliphatic carbocycles. The maximum Gasteiger partial charge on any atom is 0.269 e. The summed E-state index contributed by atoms with van der Waals surface area (Å²) in [6.07, 6.45) is 0. The van der Waals surface area contributed by atoms with Crippen molar-refractivity contribution in [2.24, 2.45) is 0 Å². The lowest BCUT2D eigenvalue weighted by molar-refractivity contribution is 0.0962. The number of anilines is 1. The Morgan fingerprint density at radius 1 is 0.957 bits per heavy atom. The van der Waals surface area contributed by atoms with Gasteiger partial charge in [-0.15, -0.1) is 0 Å². The van der Waals surface area contributed by atoms with Crippen LogP contribution in [0, 0.1) is 40.4 Å². The van der Waals surface area contributed by atoms with Crippen LogP contribution in [-0.4, -0.2) is 5.91 Å². The van der Waals surface area contributed by atoms with E-state index in [4.69, 9.17) is 5.26 Å². The van der Waals surface area contributed by atoms with Gasteiger partial charge in [0.2, 0.25) is 5.82 Å². The molecule has 2 N–H and O–H groups in total. The second kappa shape index (κ2) is 6.31. The zero-order valence-electron chi connectivity index (χ0n) is 11.1. The molecule has 0 saturated heterocycles. The molecule has 0 unspecified atom stereocenters. The van der Waals surface area contributed by atoms with Gasteiger partial charge in [-0.25, -0.2) is 22.0 Å². The average Bonchev–Trinajstić information content (AvgIpc) is 2.58. The molecule has 0 aliphatic rings. The number of hydrogen-bond donors (Lipinski definition) is 2. The number of carbonyl (C=O) groups excluding carboxylic acids is 1. The molecule has 4 nitrogen and oxygen atoms in total. The molecule has 0 saturated carbocycles. The molecule has 0 aromatic heterocycles. The van der Waals surface area contributed by atoms with E-state index in [9.17, 15) is 26.7 Å². The van der Waals surface area contributed by atoms with Crippen molar-refractivity contribution in [3.05, 3.63) is 64.5 Å². The van der Waals surface area contributed by atoms with Crippen molar-refractivity contribution in [3.8, 4) is 6.07 Å². The van der Waals surface area contributed by atoms with E-state index in [0.717, 1.165) is 0 Å². The van der Waals surface area contributed by atoms with Crippen LogP contribution in [0.1, 0.15) is 15.9 Å². The lowest BCUT2D eigenvalue weighted by atomic mass is 10.1. The van der Waals surface area contributed by atoms with Gasteiger partial charge in [0.05, 0.1) is 11.6 Å². The highest BCUT2D eigenvalue weighted by atomic mass is 19.2. The Labute approximate surface area is 126 Å². The topological polar surface area (TPSA) is 64.9 Å². The largest absolute Gasteiger partial charge is 0.293 e. The van der Waals surface area contributed by atoms with E-state index in [1.807, 2.05) is 0 Å². The van der Waals surface area contributed by atoms with Crippen LogP contribution < -0.4 is 10.9 Å². The summed E-state index contributed by atoms with van der Waals surface area (Å²) in [4.78, 5) is 11.8. The van der Waals surface area contributed by atoms with Crippen LogP contribution in [0.5, 0.6) is 0 Å². The van der Waals surface area contributed by atoms with E-state index >= 15 is 0 Å². The molecule has 2 rings (SSSR count). The van der Waals surface area contributed by atoms with Crippen molar-refractivity contribution in [2.75, 3.05) is 5.43 Å². The molecule has 0 fully saturated rings. The number of benzene rings is 2. The predicted molar refractivity (Wildman–Crippen MR) is 68.5 cm³/mol. The van der Waals surface area contributed by atoms with Gasteiger partial charge in [-0.1, -0.05) is 6.07 Å². The van der Waals surface area contributed by atoms with Crippen molar-refractivity contribution >= 4 is 11.6 Å². The number of halogens is 5. The summed E-state index contributed by atoms with van der Waals surface area (Å²) >= 11 is 0. The third-order valence-corrected chi connectivity index (χ3v) is 2.76. The van der Waals surface area contributed by atoms with Crippen molar-refractivity contribution < 1.29 is 26.7 Å². The van der Waals surface area contributed by atoms with Crippen molar-refractivity contribution in [1.29, 1.82) is 5.26 Å². The van der Waals surface area contributed by atoms with Crippen LogP contribution in [0.15, 0.2) is 24.3 Å². The molecule has 2 aromatic carbocycles. The van der Waals surface area contributed by atoms with E-state index < -0.39 is 40.7 Å². The zero-order valence-corrected chi connectivity index (χ0v) is 11.1. The van der Waals surface area contributed by atoms with E-state index in [0.29, 0.717) is 0 Å². The Morgan fingerprint density at radius 2 is 1.52 bits per heavy atom. The molecule has 0 heterocycles. The van der Waals surface area contributed by atoms with Gasteiger partial charge in [-0.3, -0.25) is 15.6 Å². The number of nitriles is 1. The molecule has 0 atom stereocenters. The van der Waals surface area contributed by atoms with Crippen molar-refractivity contribution in [3.63, 3.8) is 0 Å². The smallest absolute Gasteiger partial charge is 0.269 e. The molecule has 0 radical (unpaired) electrons. The van der Waals surface area contributed by atoms with Gasteiger partial charge in [-0.2, -0.15) is 5.26 Å². The molecule has 2 aromatic rings. The number of hydrogen-bond acceptors (Lipinski definition) is 3. The van der Waals surface area contributed by atoms with E-state index in [1.54, 1.807) is 16.9 Å². The first-order valence-electron chi connectivity index (χ1n) is 5.94. The second-order valence-electron chi connectivity index (χ2n) is 4.22. The Kier molecular flexibility index (Phi) is 4.45. The summed E-state index contributed by atoms with van der Waals surface area (Å²) in [5.41, 5.74) is 2.13. The monoisotopic (exact) mass is 327 g/mol. The van der Waals surface area contributed by atoms with Gasteiger partial charge < -0.3 is 0 Å². The van der Waals surface area contributed by atoms with Gasteiger partial charge in [0, 0.05) is 5.56 Å². The third kappa shape index (κ3) is 3.06. The lowest BCUT2D eigenvalue weighted by Gasteiger charge is -2.12. The molecule has 9 heteroatoms. The molecule has 0 aliphatic heterocycles. The number of rotatable bonds is 3. The quantitative estimate of drug-likeness (QED) is 0.394. The van der Waals surface area contributed by atoms with Crippen LogP contribution in [-0.2, 0) is 0 Å². The highest BCUT2D eigenvalue weighted by Gasteiger charge is 2.26. The van der Waals surface area contributed by atoms with E-state index in [-0.39, 0.29) is 11.1 Å². The van der Waals surface area contributed by atoms with Crippen LogP contribution in [0.4, 0.5) is 27.6 Å². The molecule has 23 heavy (non-hydrogen) atoms. The molecule has 0 bridgehead atoms. The maximum absolute atomic E-state index is 13.4. The molecule has 1 amide bonds. The average molecular weight is 327 g/mol. The first kappa shape index (κ1) is 16.2. The number of carbonyl (C=O) groups is 1. The minimum atomic E-state index is -2.31. The Balaban J connectivity index is 2.25. The van der Waals surface area contributed by atoms with Gasteiger partial charge in [0.25, 0.3) is 5.91 Å². The van der Waals surface area contributed by atoms with Crippen LogP contribution in [0.3, 0.4) is 0 Å². The van der Waals surface area contributed by atoms with Gasteiger partial charge in [0.1, 0.15) is 5.69 Å². The fraction of sp³-hybridized carbons (Fsp3) is 0. The molecular formula is C14H6F5N3O. The van der Waals surface area contributed by atoms with Crippen molar-refractivity contribution in [2.45, 2.75) is 0 Å². The number of nitrogens with zero attached hydrogens (tertiary/aromatic N) is 1. The Morgan fingerprint density at radius 3 is 2.09 bits per heavy atom. The summed E-state index contributed by atoms with van der Waals surface area (Å²) in [5.74, 6) is -11.8. The summed E-state index contributed by atoms with van der Waals surface area (Å²) in [6.45, 7) is 0. The summed E-state index contributed by atoms with van der Waals surface area (Å²) in [6, 6.07) is 7.03. The van der Waals surface area contributed by atoms with Crippen LogP contribution >= 0.6 is 0 Å². The first-order valence-corrected chi connectivity index (χ1v) is 5.94. The van der Waals surface area contributed by atoms with Gasteiger partial charge in [-0.05, 0) is 18.2 Å². The SMILES string of the molecule is N#Cc1cccc(C(=O)NNc2c(F)c(F)c(F)c(F)c2F)c1. The highest BCUT2D eigenvalue weighted by molar-refractivity contribution is 5.95. The first-order chi connectivity index (χ1) is 10.9. The maximum atomic E-state index is 13.4. The zero-order chi connectivity index (χ0) is 17.1. The van der Waals surface area contributed by atoms with E-state index in [2.05, 4.69) is 0 Å². The van der Waals surface area contributed by atoms with Crippen molar-refractivity contribution in [1.82, 2.24) is 5.43 Å². The highest BCUT2D eigenvalue weighted by Crippen LogP contribution is 2.26.